The topological polar surface area (TPSA) is 67.2 Å². The van der Waals surface area contributed by atoms with Gasteiger partial charge in [-0.1, -0.05) is 18.7 Å². The highest BCUT2D eigenvalue weighted by Crippen LogP contribution is 2.42. The van der Waals surface area contributed by atoms with E-state index in [0.29, 0.717) is 5.75 Å². The summed E-state index contributed by atoms with van der Waals surface area (Å²) >= 11 is 1.52. The molecule has 0 saturated heterocycles. The van der Waals surface area contributed by atoms with Gasteiger partial charge in [0.05, 0.1) is 0 Å². The van der Waals surface area contributed by atoms with Crippen LogP contribution < -0.4 is 5.32 Å². The van der Waals surface area contributed by atoms with E-state index < -0.39 is 11.5 Å². The summed E-state index contributed by atoms with van der Waals surface area (Å²) in [5.74, 6) is 0.0483. The van der Waals surface area contributed by atoms with Crippen LogP contribution in [0.4, 0.5) is 0 Å². The normalized spacial score (nSPS) is 18.2. The first-order valence-electron chi connectivity index (χ1n) is 6.68. The number of rotatable bonds is 8. The van der Waals surface area contributed by atoms with Gasteiger partial charge in [0.2, 0.25) is 0 Å². The number of nitrogens with one attached hydrogen (secondary N) is 1. The number of hydrogen-bond acceptors (Lipinski definition) is 4. The number of nitrogens with zero attached hydrogens (tertiary/aromatic N) is 2. The molecule has 19 heavy (non-hydrogen) atoms. The lowest BCUT2D eigenvalue weighted by molar-refractivity contribution is -0.144. The Balaban J connectivity index is 2.08. The highest BCUT2D eigenvalue weighted by atomic mass is 32.2. The third-order valence-electron chi connectivity index (χ3n) is 3.55. The second-order valence-corrected chi connectivity index (χ2v) is 6.03. The van der Waals surface area contributed by atoms with Gasteiger partial charge in [-0.25, -0.2) is 4.98 Å². The number of aliphatic carboxylic acids is 1. The first-order valence-corrected chi connectivity index (χ1v) is 7.67. The molecule has 0 bridgehead atoms. The molecule has 1 aromatic rings. The van der Waals surface area contributed by atoms with Crippen LogP contribution in [-0.4, -0.2) is 38.5 Å². The number of hydrogen-bond donors (Lipinski definition) is 2. The fourth-order valence-electron chi connectivity index (χ4n) is 2.22. The number of carboxylic acids is 1. The first-order chi connectivity index (χ1) is 9.10. The van der Waals surface area contributed by atoms with Crippen LogP contribution in [0.2, 0.25) is 0 Å². The van der Waals surface area contributed by atoms with Crippen molar-refractivity contribution in [3.05, 3.63) is 12.4 Å². The summed E-state index contributed by atoms with van der Waals surface area (Å²) in [6, 6.07) is 0. The highest BCUT2D eigenvalue weighted by Gasteiger charge is 2.50. The quantitative estimate of drug-likeness (QED) is 0.711. The van der Waals surface area contributed by atoms with E-state index in [0.717, 1.165) is 31.0 Å². The molecular weight excluding hydrogens is 262 g/mol. The summed E-state index contributed by atoms with van der Waals surface area (Å²) in [5.41, 5.74) is -0.799. The van der Waals surface area contributed by atoms with Crippen molar-refractivity contribution in [1.29, 1.82) is 0 Å². The van der Waals surface area contributed by atoms with Crippen LogP contribution in [-0.2, 0) is 11.8 Å². The Bertz CT molecular complexity index is 445. The van der Waals surface area contributed by atoms with Crippen LogP contribution in [0.1, 0.15) is 26.2 Å². The lowest BCUT2D eigenvalue weighted by Gasteiger charge is -2.30. The van der Waals surface area contributed by atoms with Crippen LogP contribution in [0, 0.1) is 5.92 Å². The summed E-state index contributed by atoms with van der Waals surface area (Å²) < 4.78 is 1.92. The molecule has 1 aromatic heterocycles. The van der Waals surface area contributed by atoms with Crippen molar-refractivity contribution in [3.63, 3.8) is 0 Å². The number of aryl methyl sites for hydroxylation is 1. The predicted molar refractivity (Wildman–Crippen MR) is 75.3 cm³/mol. The Morgan fingerprint density at radius 3 is 2.89 bits per heavy atom. The van der Waals surface area contributed by atoms with Crippen molar-refractivity contribution in [2.75, 3.05) is 12.3 Å². The number of carboxylic acid groups (broad SMARTS) is 1. The molecule has 0 amide bonds. The smallest absolute Gasteiger partial charge is 0.325 e. The average molecular weight is 283 g/mol. The van der Waals surface area contributed by atoms with Gasteiger partial charge < -0.3 is 15.0 Å². The maximum atomic E-state index is 11.8. The van der Waals surface area contributed by atoms with Crippen molar-refractivity contribution in [2.24, 2.45) is 13.0 Å². The fraction of sp³-hybridized carbons (Fsp3) is 0.692. The molecule has 5 nitrogen and oxygen atoms in total. The molecule has 0 spiro atoms. The monoisotopic (exact) mass is 283 g/mol. The molecule has 1 fully saturated rings. The van der Waals surface area contributed by atoms with Crippen molar-refractivity contribution in [2.45, 2.75) is 36.9 Å². The van der Waals surface area contributed by atoms with Crippen molar-refractivity contribution >= 4 is 17.7 Å². The minimum absolute atomic E-state index is 0.254. The van der Waals surface area contributed by atoms with Gasteiger partial charge in [-0.05, 0) is 31.7 Å². The first kappa shape index (κ1) is 14.4. The van der Waals surface area contributed by atoms with E-state index in [1.807, 2.05) is 17.8 Å². The summed E-state index contributed by atoms with van der Waals surface area (Å²) in [7, 11) is 1.92. The molecule has 0 aromatic carbocycles. The third kappa shape index (κ3) is 3.12. The number of thioether (sulfide) groups is 1. The van der Waals surface area contributed by atoms with Gasteiger partial charge in [0.15, 0.2) is 5.16 Å². The summed E-state index contributed by atoms with van der Waals surface area (Å²) in [5, 5.41) is 13.8. The SMILES string of the molecule is CCCNC(CSc1nccn1C)(C(=O)O)C1CC1. The minimum Gasteiger partial charge on any atom is -0.480 e. The summed E-state index contributed by atoms with van der Waals surface area (Å²) in [6.45, 7) is 2.79. The number of imidazole rings is 1. The molecule has 1 saturated carbocycles. The molecule has 1 unspecified atom stereocenters. The molecule has 1 aliphatic carbocycles. The highest BCUT2D eigenvalue weighted by molar-refractivity contribution is 7.99. The van der Waals surface area contributed by atoms with Crippen LogP contribution in [0.5, 0.6) is 0 Å². The molecule has 1 aliphatic rings. The van der Waals surface area contributed by atoms with Crippen molar-refractivity contribution < 1.29 is 9.90 Å². The maximum Gasteiger partial charge on any atom is 0.325 e. The largest absolute Gasteiger partial charge is 0.480 e. The molecule has 0 radical (unpaired) electrons. The number of aromatic nitrogens is 2. The number of carbonyl (C=O) groups is 1. The van der Waals surface area contributed by atoms with Gasteiger partial charge in [-0.3, -0.25) is 4.79 Å². The second-order valence-electron chi connectivity index (χ2n) is 5.09. The lowest BCUT2D eigenvalue weighted by atomic mass is 9.95. The molecule has 1 atom stereocenters. The Kier molecular flexibility index (Phi) is 4.52. The summed E-state index contributed by atoms with van der Waals surface area (Å²) in [4.78, 5) is 16.0. The van der Waals surface area contributed by atoms with Crippen molar-refractivity contribution in [1.82, 2.24) is 14.9 Å². The molecule has 106 valence electrons. The Hall–Kier alpha value is -1.01. The zero-order valence-corrected chi connectivity index (χ0v) is 12.2. The second kappa shape index (κ2) is 5.96. The van der Waals surface area contributed by atoms with E-state index >= 15 is 0 Å². The van der Waals surface area contributed by atoms with Gasteiger partial charge in [0, 0.05) is 25.2 Å². The lowest BCUT2D eigenvalue weighted by Crippen LogP contribution is -2.56. The van der Waals surface area contributed by atoms with Gasteiger partial charge in [-0.15, -0.1) is 0 Å². The van der Waals surface area contributed by atoms with Crippen LogP contribution >= 0.6 is 11.8 Å². The van der Waals surface area contributed by atoms with Crippen LogP contribution in [0.25, 0.3) is 0 Å². The zero-order valence-electron chi connectivity index (χ0n) is 11.4. The molecule has 2 N–H and O–H groups in total. The Morgan fingerprint density at radius 2 is 2.42 bits per heavy atom. The molecule has 6 heteroatoms. The van der Waals surface area contributed by atoms with E-state index in [9.17, 15) is 9.90 Å². The van der Waals surface area contributed by atoms with Gasteiger partial charge >= 0.3 is 5.97 Å². The van der Waals surface area contributed by atoms with Gasteiger partial charge in [0.1, 0.15) is 5.54 Å². The van der Waals surface area contributed by atoms with Crippen LogP contribution in [0.15, 0.2) is 17.6 Å². The van der Waals surface area contributed by atoms with E-state index in [-0.39, 0.29) is 5.92 Å². The summed E-state index contributed by atoms with van der Waals surface area (Å²) in [6.07, 6.45) is 6.56. The molecule has 2 rings (SSSR count). The van der Waals surface area contributed by atoms with E-state index in [2.05, 4.69) is 17.2 Å². The van der Waals surface area contributed by atoms with Gasteiger partial charge in [-0.2, -0.15) is 0 Å². The zero-order chi connectivity index (χ0) is 13.9. The molecule has 0 aliphatic heterocycles. The van der Waals surface area contributed by atoms with Crippen molar-refractivity contribution in [3.8, 4) is 0 Å². The third-order valence-corrected chi connectivity index (χ3v) is 4.80. The van der Waals surface area contributed by atoms with Crippen LogP contribution in [0.3, 0.4) is 0 Å². The maximum absolute atomic E-state index is 11.8. The molecule has 1 heterocycles. The predicted octanol–water partition coefficient (Wildman–Crippen LogP) is 1.75. The van der Waals surface area contributed by atoms with Gasteiger partial charge in [0.25, 0.3) is 0 Å². The fourth-order valence-corrected chi connectivity index (χ4v) is 3.44. The van der Waals surface area contributed by atoms with E-state index in [1.165, 1.54) is 11.8 Å². The Morgan fingerprint density at radius 1 is 1.68 bits per heavy atom. The minimum atomic E-state index is -0.799. The standard InChI is InChI=1S/C13H21N3O2S/c1-3-6-15-13(11(17)18,10-4-5-10)9-19-12-14-7-8-16(12)2/h7-8,10,15H,3-6,9H2,1-2H3,(H,17,18). The average Bonchev–Trinajstić information content (AvgIpc) is 3.14. The van der Waals surface area contributed by atoms with E-state index in [4.69, 9.17) is 0 Å². The van der Waals surface area contributed by atoms with E-state index in [1.54, 1.807) is 6.20 Å². The Labute approximate surface area is 117 Å². The molecular formula is C13H21N3O2S.